The van der Waals surface area contributed by atoms with Crippen LogP contribution in [0.2, 0.25) is 0 Å². The van der Waals surface area contributed by atoms with Crippen molar-refractivity contribution in [1.82, 2.24) is 9.71 Å². The highest BCUT2D eigenvalue weighted by Crippen LogP contribution is 2.54. The van der Waals surface area contributed by atoms with Crippen molar-refractivity contribution < 1.29 is 17.6 Å². The minimum Gasteiger partial charge on any atom is -0.274 e. The SMILES string of the molecule is O=C(NS(=O)(=O)c1ccc(F)cn1)C1C[C@@H]2CC[C@H]12. The Labute approximate surface area is 110 Å². The Morgan fingerprint density at radius 2 is 2.16 bits per heavy atom. The molecule has 2 aliphatic carbocycles. The first-order valence-electron chi connectivity index (χ1n) is 6.15. The van der Waals surface area contributed by atoms with Crippen molar-refractivity contribution in [2.24, 2.45) is 17.8 Å². The first kappa shape index (κ1) is 12.5. The largest absolute Gasteiger partial charge is 0.281 e. The molecule has 1 aromatic rings. The summed E-state index contributed by atoms with van der Waals surface area (Å²) in [6.45, 7) is 0. The minimum atomic E-state index is -3.99. The second kappa shape index (κ2) is 4.26. The second-order valence-corrected chi connectivity index (χ2v) is 6.76. The van der Waals surface area contributed by atoms with Gasteiger partial charge >= 0.3 is 0 Å². The van der Waals surface area contributed by atoms with Crippen LogP contribution in [-0.4, -0.2) is 19.3 Å². The molecule has 1 heterocycles. The molecule has 2 fully saturated rings. The number of rotatable bonds is 3. The summed E-state index contributed by atoms with van der Waals surface area (Å²) in [5.41, 5.74) is 0. The Balaban J connectivity index is 1.71. The van der Waals surface area contributed by atoms with Crippen LogP contribution >= 0.6 is 0 Å². The molecule has 0 saturated heterocycles. The van der Waals surface area contributed by atoms with Crippen molar-refractivity contribution in [3.63, 3.8) is 0 Å². The van der Waals surface area contributed by atoms with E-state index in [1.807, 2.05) is 4.72 Å². The fourth-order valence-corrected chi connectivity index (χ4v) is 3.76. The number of aromatic nitrogens is 1. The number of carbonyl (C=O) groups is 1. The topological polar surface area (TPSA) is 76.1 Å². The van der Waals surface area contributed by atoms with E-state index in [0.29, 0.717) is 11.8 Å². The number of fused-ring (bicyclic) bond motifs is 1. The predicted octanol–water partition coefficient (Wildman–Crippen LogP) is 1.07. The third-order valence-electron chi connectivity index (χ3n) is 4.10. The molecule has 1 amide bonds. The van der Waals surface area contributed by atoms with Gasteiger partial charge in [0, 0.05) is 5.92 Å². The first-order valence-corrected chi connectivity index (χ1v) is 7.64. The Kier molecular flexibility index (Phi) is 2.81. The van der Waals surface area contributed by atoms with E-state index in [1.165, 1.54) is 0 Å². The van der Waals surface area contributed by atoms with Crippen molar-refractivity contribution in [3.05, 3.63) is 24.1 Å². The Morgan fingerprint density at radius 1 is 1.37 bits per heavy atom. The molecule has 0 spiro atoms. The van der Waals surface area contributed by atoms with Crippen molar-refractivity contribution in [2.45, 2.75) is 24.3 Å². The van der Waals surface area contributed by atoms with Gasteiger partial charge in [-0.1, -0.05) is 0 Å². The van der Waals surface area contributed by atoms with Gasteiger partial charge in [-0.15, -0.1) is 0 Å². The molecule has 5 nitrogen and oxygen atoms in total. The summed E-state index contributed by atoms with van der Waals surface area (Å²) in [5, 5.41) is -0.341. The molecular weight excluding hydrogens is 271 g/mol. The number of amides is 1. The van der Waals surface area contributed by atoms with Crippen molar-refractivity contribution in [3.8, 4) is 0 Å². The number of carbonyl (C=O) groups excluding carboxylic acids is 1. The van der Waals surface area contributed by atoms with E-state index in [-0.39, 0.29) is 10.9 Å². The van der Waals surface area contributed by atoms with Crippen LogP contribution in [0.15, 0.2) is 23.4 Å². The van der Waals surface area contributed by atoms with Gasteiger partial charge in [0.25, 0.3) is 10.0 Å². The quantitative estimate of drug-likeness (QED) is 0.901. The van der Waals surface area contributed by atoms with Crippen molar-refractivity contribution >= 4 is 15.9 Å². The standard InChI is InChI=1S/C12H13FN2O3S/c13-8-2-4-11(14-6-8)19(17,18)15-12(16)10-5-7-1-3-9(7)10/h2,4,6-7,9-10H,1,3,5H2,(H,15,16)/t7-,9-,10?/m0/s1. The molecule has 3 rings (SSSR count). The number of halogens is 1. The van der Waals surface area contributed by atoms with Gasteiger partial charge in [0.15, 0.2) is 5.03 Å². The summed E-state index contributed by atoms with van der Waals surface area (Å²) in [7, 11) is -3.99. The van der Waals surface area contributed by atoms with Gasteiger partial charge in [0.05, 0.1) is 6.20 Å². The molecule has 1 unspecified atom stereocenters. The summed E-state index contributed by atoms with van der Waals surface area (Å²) in [6.07, 6.45) is 3.71. The van der Waals surface area contributed by atoms with Crippen LogP contribution in [-0.2, 0) is 14.8 Å². The number of sulfonamides is 1. The summed E-state index contributed by atoms with van der Waals surface area (Å²) < 4.78 is 38.5. The smallest absolute Gasteiger partial charge is 0.274 e. The van der Waals surface area contributed by atoms with E-state index in [9.17, 15) is 17.6 Å². The molecule has 1 N–H and O–H groups in total. The molecule has 2 aliphatic rings. The normalized spacial score (nSPS) is 28.8. The highest BCUT2D eigenvalue weighted by Gasteiger charge is 2.50. The highest BCUT2D eigenvalue weighted by molar-refractivity contribution is 7.90. The van der Waals surface area contributed by atoms with E-state index in [1.54, 1.807) is 0 Å². The maximum Gasteiger partial charge on any atom is 0.281 e. The zero-order chi connectivity index (χ0) is 13.6. The molecule has 0 radical (unpaired) electrons. The van der Waals surface area contributed by atoms with Gasteiger partial charge in [0.1, 0.15) is 5.82 Å². The van der Waals surface area contributed by atoms with Crippen molar-refractivity contribution in [2.75, 3.05) is 0 Å². The fraction of sp³-hybridized carbons (Fsp3) is 0.500. The average molecular weight is 284 g/mol. The fourth-order valence-electron chi connectivity index (χ4n) is 2.81. The summed E-state index contributed by atoms with van der Waals surface area (Å²) >= 11 is 0. The Bertz CT molecular complexity index is 614. The van der Waals surface area contributed by atoms with Crippen molar-refractivity contribution in [1.29, 1.82) is 0 Å². The minimum absolute atomic E-state index is 0.200. The second-order valence-electron chi connectivity index (χ2n) is 5.13. The maximum atomic E-state index is 12.7. The molecule has 1 aromatic heterocycles. The maximum absolute atomic E-state index is 12.7. The zero-order valence-electron chi connectivity index (χ0n) is 10.0. The Hall–Kier alpha value is -1.50. The monoisotopic (exact) mass is 284 g/mol. The van der Waals surface area contributed by atoms with E-state index < -0.39 is 21.7 Å². The van der Waals surface area contributed by atoms with Gasteiger partial charge in [-0.05, 0) is 43.2 Å². The lowest BCUT2D eigenvalue weighted by molar-refractivity contribution is -0.137. The lowest BCUT2D eigenvalue weighted by atomic mass is 9.53. The first-order chi connectivity index (χ1) is 8.97. The number of pyridine rings is 1. The van der Waals surface area contributed by atoms with Crippen LogP contribution in [0.25, 0.3) is 0 Å². The van der Waals surface area contributed by atoms with Gasteiger partial charge in [-0.3, -0.25) is 4.79 Å². The number of nitrogens with zero attached hydrogens (tertiary/aromatic N) is 1. The van der Waals surface area contributed by atoms with Crippen LogP contribution in [0.3, 0.4) is 0 Å². The molecule has 0 aliphatic heterocycles. The number of hydrogen-bond donors (Lipinski definition) is 1. The zero-order valence-corrected chi connectivity index (χ0v) is 10.9. The van der Waals surface area contributed by atoms with Crippen LogP contribution in [0.4, 0.5) is 4.39 Å². The van der Waals surface area contributed by atoms with Crippen LogP contribution in [0.5, 0.6) is 0 Å². The molecule has 7 heteroatoms. The predicted molar refractivity (Wildman–Crippen MR) is 63.8 cm³/mol. The van der Waals surface area contributed by atoms with E-state index in [0.717, 1.165) is 37.6 Å². The number of nitrogens with one attached hydrogen (secondary N) is 1. The van der Waals surface area contributed by atoms with E-state index in [4.69, 9.17) is 0 Å². The molecule has 2 saturated carbocycles. The van der Waals surface area contributed by atoms with E-state index >= 15 is 0 Å². The molecular formula is C12H13FN2O3S. The molecule has 102 valence electrons. The molecule has 0 bridgehead atoms. The van der Waals surface area contributed by atoms with Gasteiger partial charge in [-0.25, -0.2) is 14.1 Å². The number of hydrogen-bond acceptors (Lipinski definition) is 4. The molecule has 3 atom stereocenters. The summed E-state index contributed by atoms with van der Waals surface area (Å²) in [5.74, 6) is -0.346. The lowest BCUT2D eigenvalue weighted by Crippen LogP contribution is -2.52. The van der Waals surface area contributed by atoms with Gasteiger partial charge < -0.3 is 0 Å². The Morgan fingerprint density at radius 3 is 2.63 bits per heavy atom. The third kappa shape index (κ3) is 2.11. The highest BCUT2D eigenvalue weighted by atomic mass is 32.2. The van der Waals surface area contributed by atoms with Crippen LogP contribution < -0.4 is 4.72 Å². The van der Waals surface area contributed by atoms with Gasteiger partial charge in [-0.2, -0.15) is 8.42 Å². The van der Waals surface area contributed by atoms with E-state index in [2.05, 4.69) is 4.98 Å². The molecule has 0 aromatic carbocycles. The molecule has 19 heavy (non-hydrogen) atoms. The van der Waals surface area contributed by atoms with Crippen LogP contribution in [0, 0.1) is 23.6 Å². The summed E-state index contributed by atoms with van der Waals surface area (Å²) in [6, 6.07) is 2.04. The average Bonchev–Trinajstić information content (AvgIpc) is 2.32. The summed E-state index contributed by atoms with van der Waals surface area (Å²) in [4.78, 5) is 15.4. The van der Waals surface area contributed by atoms with Crippen LogP contribution in [0.1, 0.15) is 19.3 Å². The third-order valence-corrected chi connectivity index (χ3v) is 5.36. The van der Waals surface area contributed by atoms with Gasteiger partial charge in [0.2, 0.25) is 5.91 Å². The lowest BCUT2D eigenvalue weighted by Gasteiger charge is -2.51.